The number of thioether (sulfide) groups is 1. The minimum atomic E-state index is -0.343. The molecule has 2 aromatic carbocycles. The van der Waals surface area contributed by atoms with E-state index in [-0.39, 0.29) is 29.5 Å². The van der Waals surface area contributed by atoms with Crippen molar-refractivity contribution >= 4 is 40.9 Å². The van der Waals surface area contributed by atoms with E-state index in [4.69, 9.17) is 16.3 Å². The van der Waals surface area contributed by atoms with Crippen molar-refractivity contribution in [2.45, 2.75) is 32.0 Å². The van der Waals surface area contributed by atoms with Gasteiger partial charge in [-0.1, -0.05) is 54.9 Å². The number of ether oxygens (including phenoxy) is 1. The molecule has 3 aromatic rings. The number of nitrogens with zero attached hydrogens (tertiary/aromatic N) is 3. The van der Waals surface area contributed by atoms with Gasteiger partial charge in [0, 0.05) is 17.6 Å². The molecule has 8 nitrogen and oxygen atoms in total. The fourth-order valence-electron chi connectivity index (χ4n) is 3.36. The van der Waals surface area contributed by atoms with Gasteiger partial charge in [0.05, 0.1) is 24.6 Å². The summed E-state index contributed by atoms with van der Waals surface area (Å²) >= 11 is 7.28. The number of aryl methyl sites for hydroxylation is 1. The molecule has 0 aliphatic heterocycles. The zero-order chi connectivity index (χ0) is 24.8. The molecule has 3 rings (SSSR count). The third-order valence-corrected chi connectivity index (χ3v) is 6.40. The van der Waals surface area contributed by atoms with Crippen LogP contribution in [0.15, 0.2) is 47.6 Å². The summed E-state index contributed by atoms with van der Waals surface area (Å²) in [6.45, 7) is 5.96. The molecule has 1 atom stereocenters. The topological polar surface area (TPSA) is 98.1 Å². The Kier molecular flexibility index (Phi) is 8.57. The highest BCUT2D eigenvalue weighted by molar-refractivity contribution is 7.99. The number of amides is 2. The Morgan fingerprint density at radius 2 is 1.94 bits per heavy atom. The van der Waals surface area contributed by atoms with Crippen molar-refractivity contribution in [2.75, 3.05) is 18.2 Å². The number of hydrogen-bond acceptors (Lipinski definition) is 6. The first kappa shape index (κ1) is 25.6. The van der Waals surface area contributed by atoms with E-state index in [1.807, 2.05) is 46.0 Å². The third-order valence-electron chi connectivity index (χ3n) is 5.15. The molecule has 0 aliphatic rings. The average Bonchev–Trinajstić information content (AvgIpc) is 3.15. The fourth-order valence-corrected chi connectivity index (χ4v) is 4.25. The Labute approximate surface area is 208 Å². The molecule has 0 saturated heterocycles. The third kappa shape index (κ3) is 6.30. The summed E-state index contributed by atoms with van der Waals surface area (Å²) in [6, 6.07) is 12.1. The molecule has 0 aliphatic carbocycles. The van der Waals surface area contributed by atoms with Crippen LogP contribution in [0, 0.1) is 12.8 Å². The summed E-state index contributed by atoms with van der Waals surface area (Å²) in [5.74, 6) is 0.929. The van der Waals surface area contributed by atoms with E-state index in [9.17, 15) is 9.59 Å². The van der Waals surface area contributed by atoms with E-state index in [0.717, 1.165) is 5.56 Å². The second-order valence-electron chi connectivity index (χ2n) is 8.15. The summed E-state index contributed by atoms with van der Waals surface area (Å²) in [7, 11) is 3.35. The highest BCUT2D eigenvalue weighted by atomic mass is 35.5. The molecule has 34 heavy (non-hydrogen) atoms. The molecular weight excluding hydrogens is 474 g/mol. The van der Waals surface area contributed by atoms with Gasteiger partial charge < -0.3 is 19.9 Å². The van der Waals surface area contributed by atoms with Crippen LogP contribution in [0.1, 0.15) is 41.6 Å². The SMILES string of the molecule is COc1ccc(Cl)cc1NC(=O)CSc1nnc([C@@H](NC(=O)c2cccc(C)c2)C(C)C)n1C. The molecule has 180 valence electrons. The fraction of sp³-hybridized carbons (Fsp3) is 0.333. The van der Waals surface area contributed by atoms with Gasteiger partial charge in [-0.3, -0.25) is 9.59 Å². The monoisotopic (exact) mass is 501 g/mol. The molecule has 0 saturated carbocycles. The van der Waals surface area contributed by atoms with Gasteiger partial charge in [0.15, 0.2) is 11.0 Å². The number of rotatable bonds is 9. The number of carbonyl (C=O) groups excluding carboxylic acids is 2. The lowest BCUT2D eigenvalue weighted by Crippen LogP contribution is -2.33. The van der Waals surface area contributed by atoms with Gasteiger partial charge in [0.25, 0.3) is 5.91 Å². The van der Waals surface area contributed by atoms with E-state index >= 15 is 0 Å². The van der Waals surface area contributed by atoms with E-state index in [2.05, 4.69) is 20.8 Å². The van der Waals surface area contributed by atoms with Gasteiger partial charge in [-0.05, 0) is 43.2 Å². The summed E-state index contributed by atoms with van der Waals surface area (Å²) in [5, 5.41) is 15.5. The molecule has 1 aromatic heterocycles. The van der Waals surface area contributed by atoms with Gasteiger partial charge >= 0.3 is 0 Å². The number of halogens is 1. The molecule has 0 unspecified atom stereocenters. The lowest BCUT2D eigenvalue weighted by atomic mass is 10.0. The van der Waals surface area contributed by atoms with Crippen LogP contribution in [-0.2, 0) is 11.8 Å². The number of nitrogens with one attached hydrogen (secondary N) is 2. The highest BCUT2D eigenvalue weighted by Crippen LogP contribution is 2.28. The van der Waals surface area contributed by atoms with Crippen molar-refractivity contribution in [3.63, 3.8) is 0 Å². The smallest absolute Gasteiger partial charge is 0.251 e. The van der Waals surface area contributed by atoms with E-state index in [1.165, 1.54) is 18.9 Å². The second-order valence-corrected chi connectivity index (χ2v) is 9.52. The first-order valence-electron chi connectivity index (χ1n) is 10.7. The Bertz CT molecular complexity index is 1180. The molecule has 10 heteroatoms. The van der Waals surface area contributed by atoms with Crippen LogP contribution in [0.5, 0.6) is 5.75 Å². The Morgan fingerprint density at radius 3 is 2.62 bits per heavy atom. The van der Waals surface area contributed by atoms with Gasteiger partial charge in [-0.25, -0.2) is 0 Å². The van der Waals surface area contributed by atoms with Crippen LogP contribution in [-0.4, -0.2) is 39.4 Å². The normalized spacial score (nSPS) is 11.9. The predicted octanol–water partition coefficient (Wildman–Crippen LogP) is 4.64. The number of carbonyl (C=O) groups is 2. The Morgan fingerprint density at radius 1 is 1.18 bits per heavy atom. The maximum atomic E-state index is 12.8. The highest BCUT2D eigenvalue weighted by Gasteiger charge is 2.25. The van der Waals surface area contributed by atoms with Gasteiger partial charge in [0.2, 0.25) is 5.91 Å². The van der Waals surface area contributed by atoms with Crippen molar-refractivity contribution in [1.82, 2.24) is 20.1 Å². The lowest BCUT2D eigenvalue weighted by Gasteiger charge is -2.22. The van der Waals surface area contributed by atoms with Crippen LogP contribution in [0.2, 0.25) is 5.02 Å². The maximum absolute atomic E-state index is 12.8. The standard InChI is InChI=1S/C24H28ClN5O3S/c1-14(2)21(27-23(32)16-8-6-7-15(3)11-16)22-28-29-24(30(22)4)34-13-20(31)26-18-12-17(25)9-10-19(18)33-5/h6-12,14,21H,13H2,1-5H3,(H,26,31)(H,27,32)/t21-/m0/s1. The van der Waals surface area contributed by atoms with E-state index in [0.29, 0.717) is 33.0 Å². The molecule has 0 fully saturated rings. The zero-order valence-electron chi connectivity index (χ0n) is 19.8. The molecule has 1 heterocycles. The lowest BCUT2D eigenvalue weighted by molar-refractivity contribution is -0.113. The van der Waals surface area contributed by atoms with Crippen LogP contribution in [0.25, 0.3) is 0 Å². The Hall–Kier alpha value is -3.04. The summed E-state index contributed by atoms with van der Waals surface area (Å²) in [4.78, 5) is 25.3. The number of aromatic nitrogens is 3. The molecule has 2 N–H and O–H groups in total. The molecule has 0 bridgehead atoms. The molecule has 0 spiro atoms. The zero-order valence-corrected chi connectivity index (χ0v) is 21.3. The van der Waals surface area contributed by atoms with Crippen molar-refractivity contribution in [2.24, 2.45) is 13.0 Å². The van der Waals surface area contributed by atoms with E-state index < -0.39 is 0 Å². The molecule has 2 amide bonds. The second kappa shape index (κ2) is 11.4. The van der Waals surface area contributed by atoms with Crippen LogP contribution in [0.3, 0.4) is 0 Å². The average molecular weight is 502 g/mol. The van der Waals surface area contributed by atoms with Crippen molar-refractivity contribution in [3.8, 4) is 5.75 Å². The Balaban J connectivity index is 1.68. The largest absolute Gasteiger partial charge is 0.495 e. The number of methoxy groups -OCH3 is 1. The maximum Gasteiger partial charge on any atom is 0.251 e. The van der Waals surface area contributed by atoms with Crippen molar-refractivity contribution in [1.29, 1.82) is 0 Å². The number of anilines is 1. The summed E-state index contributed by atoms with van der Waals surface area (Å²) in [6.07, 6.45) is 0. The number of benzene rings is 2. The van der Waals surface area contributed by atoms with Gasteiger partial charge in [-0.15, -0.1) is 10.2 Å². The van der Waals surface area contributed by atoms with Crippen LogP contribution >= 0.6 is 23.4 Å². The minimum Gasteiger partial charge on any atom is -0.495 e. The van der Waals surface area contributed by atoms with E-state index in [1.54, 1.807) is 28.8 Å². The van der Waals surface area contributed by atoms with Gasteiger partial charge in [0.1, 0.15) is 5.75 Å². The van der Waals surface area contributed by atoms with Crippen LogP contribution in [0.4, 0.5) is 5.69 Å². The van der Waals surface area contributed by atoms with Gasteiger partial charge in [-0.2, -0.15) is 0 Å². The quantitative estimate of drug-likeness (QED) is 0.414. The summed E-state index contributed by atoms with van der Waals surface area (Å²) < 4.78 is 7.07. The minimum absolute atomic E-state index is 0.0769. The first-order chi connectivity index (χ1) is 16.2. The van der Waals surface area contributed by atoms with Crippen LogP contribution < -0.4 is 15.4 Å². The summed E-state index contributed by atoms with van der Waals surface area (Å²) in [5.41, 5.74) is 2.10. The predicted molar refractivity (Wildman–Crippen MR) is 135 cm³/mol. The van der Waals surface area contributed by atoms with Crippen molar-refractivity contribution in [3.05, 3.63) is 64.4 Å². The molecule has 0 radical (unpaired) electrons. The first-order valence-corrected chi connectivity index (χ1v) is 12.1. The number of hydrogen-bond donors (Lipinski definition) is 2. The van der Waals surface area contributed by atoms with Crippen molar-refractivity contribution < 1.29 is 14.3 Å². The molecular formula is C24H28ClN5O3S.